The molecular weight excluding hydrogens is 358 g/mol. The summed E-state index contributed by atoms with van der Waals surface area (Å²) in [6.45, 7) is 1.59. The fourth-order valence-corrected chi connectivity index (χ4v) is 3.06. The first kappa shape index (κ1) is 16.4. The Balaban J connectivity index is 1.56. The molecule has 1 atom stereocenters. The van der Waals surface area contributed by atoms with Crippen LogP contribution in [-0.4, -0.2) is 21.8 Å². The molecule has 132 valence electrons. The smallest absolute Gasteiger partial charge is 0.325 e. The second kappa shape index (κ2) is 6.03. The van der Waals surface area contributed by atoms with Gasteiger partial charge in [0.05, 0.1) is 18.5 Å². The van der Waals surface area contributed by atoms with E-state index in [1.54, 1.807) is 37.3 Å². The highest BCUT2D eigenvalue weighted by molar-refractivity contribution is 6.30. The molecule has 0 bridgehead atoms. The van der Waals surface area contributed by atoms with E-state index in [4.69, 9.17) is 20.4 Å². The number of benzene rings is 1. The number of amides is 3. The number of nitrogens with zero attached hydrogens (tertiary/aromatic N) is 2. The number of halogens is 1. The van der Waals surface area contributed by atoms with Crippen molar-refractivity contribution in [1.82, 2.24) is 15.2 Å². The number of carbonyl (C=O) groups excluding carboxylic acids is 2. The normalized spacial score (nSPS) is 19.8. The fourth-order valence-electron chi connectivity index (χ4n) is 2.87. The molecule has 0 aliphatic carbocycles. The van der Waals surface area contributed by atoms with Crippen molar-refractivity contribution >= 4 is 23.5 Å². The molecule has 0 unspecified atom stereocenters. The van der Waals surface area contributed by atoms with Crippen molar-refractivity contribution < 1.29 is 18.4 Å². The standard InChI is InChI=1S/C18H14ClN3O4/c1-18(14-6-3-7-25-14)16(23)22(17(24)21-18)9-13-10-26-15(20-13)11-4-2-5-12(19)8-11/h2-8,10H,9H2,1H3,(H,21,24)/t18-/m1/s1. The average Bonchev–Trinajstić information content (AvgIpc) is 3.34. The van der Waals surface area contributed by atoms with Crippen LogP contribution in [0.25, 0.3) is 11.5 Å². The van der Waals surface area contributed by atoms with E-state index in [1.807, 2.05) is 6.07 Å². The zero-order chi connectivity index (χ0) is 18.3. The van der Waals surface area contributed by atoms with E-state index in [9.17, 15) is 9.59 Å². The molecule has 8 heteroatoms. The molecular formula is C18H14ClN3O4. The Morgan fingerprint density at radius 1 is 1.23 bits per heavy atom. The van der Waals surface area contributed by atoms with Crippen molar-refractivity contribution in [2.45, 2.75) is 19.0 Å². The highest BCUT2D eigenvalue weighted by Gasteiger charge is 2.51. The quantitative estimate of drug-likeness (QED) is 0.708. The summed E-state index contributed by atoms with van der Waals surface area (Å²) in [5.74, 6) is 0.325. The number of nitrogens with one attached hydrogen (secondary N) is 1. The van der Waals surface area contributed by atoms with Crippen molar-refractivity contribution in [2.24, 2.45) is 0 Å². The van der Waals surface area contributed by atoms with Gasteiger partial charge in [0.15, 0.2) is 5.54 Å². The molecule has 0 spiro atoms. The van der Waals surface area contributed by atoms with Gasteiger partial charge in [-0.3, -0.25) is 9.69 Å². The van der Waals surface area contributed by atoms with Crippen LogP contribution in [0.1, 0.15) is 18.4 Å². The molecule has 26 heavy (non-hydrogen) atoms. The topological polar surface area (TPSA) is 88.6 Å². The molecule has 2 aromatic heterocycles. The van der Waals surface area contributed by atoms with E-state index in [0.717, 1.165) is 4.90 Å². The van der Waals surface area contributed by atoms with Crippen LogP contribution in [0.5, 0.6) is 0 Å². The number of urea groups is 1. The first-order valence-corrected chi connectivity index (χ1v) is 8.23. The van der Waals surface area contributed by atoms with Crippen molar-refractivity contribution in [3.05, 3.63) is 65.4 Å². The first-order chi connectivity index (χ1) is 12.5. The van der Waals surface area contributed by atoms with E-state index < -0.39 is 17.5 Å². The largest absolute Gasteiger partial charge is 0.466 e. The third kappa shape index (κ3) is 2.66. The van der Waals surface area contributed by atoms with Gasteiger partial charge >= 0.3 is 6.03 Å². The van der Waals surface area contributed by atoms with Gasteiger partial charge in [0.1, 0.15) is 12.0 Å². The van der Waals surface area contributed by atoms with Crippen LogP contribution in [0.4, 0.5) is 4.79 Å². The number of furan rings is 1. The summed E-state index contributed by atoms with van der Waals surface area (Å²) in [7, 11) is 0. The summed E-state index contributed by atoms with van der Waals surface area (Å²) in [5, 5.41) is 3.23. The van der Waals surface area contributed by atoms with E-state index in [0.29, 0.717) is 27.9 Å². The van der Waals surface area contributed by atoms with Gasteiger partial charge in [0.25, 0.3) is 5.91 Å². The Hall–Kier alpha value is -3.06. The molecule has 1 N–H and O–H groups in total. The lowest BCUT2D eigenvalue weighted by molar-refractivity contribution is -0.132. The summed E-state index contributed by atoms with van der Waals surface area (Å²) in [6, 6.07) is 9.86. The minimum Gasteiger partial charge on any atom is -0.466 e. The Morgan fingerprint density at radius 2 is 2.08 bits per heavy atom. The Bertz CT molecular complexity index is 982. The van der Waals surface area contributed by atoms with Crippen LogP contribution in [-0.2, 0) is 16.9 Å². The lowest BCUT2D eigenvalue weighted by Gasteiger charge is -2.18. The molecule has 1 saturated heterocycles. The fraction of sp³-hybridized carbons (Fsp3) is 0.167. The number of hydrogen-bond donors (Lipinski definition) is 1. The number of rotatable bonds is 4. The van der Waals surface area contributed by atoms with Crippen molar-refractivity contribution in [1.29, 1.82) is 0 Å². The lowest BCUT2D eigenvalue weighted by Crippen LogP contribution is -2.40. The van der Waals surface area contributed by atoms with Crippen LogP contribution >= 0.6 is 11.6 Å². The van der Waals surface area contributed by atoms with Gasteiger partial charge in [-0.25, -0.2) is 9.78 Å². The number of hydrogen-bond acceptors (Lipinski definition) is 5. The monoisotopic (exact) mass is 371 g/mol. The van der Waals surface area contributed by atoms with Gasteiger partial charge < -0.3 is 14.2 Å². The number of oxazole rings is 1. The van der Waals surface area contributed by atoms with Gasteiger partial charge in [-0.05, 0) is 37.3 Å². The van der Waals surface area contributed by atoms with Gasteiger partial charge in [-0.1, -0.05) is 17.7 Å². The molecule has 4 rings (SSSR count). The molecule has 1 aliphatic rings. The summed E-state index contributed by atoms with van der Waals surface area (Å²) in [5.41, 5.74) is -0.0753. The maximum absolute atomic E-state index is 12.8. The van der Waals surface area contributed by atoms with Crippen molar-refractivity contribution in [2.75, 3.05) is 0 Å². The third-order valence-corrected chi connectivity index (χ3v) is 4.47. The second-order valence-electron chi connectivity index (χ2n) is 6.08. The molecule has 1 aromatic carbocycles. The average molecular weight is 372 g/mol. The van der Waals surface area contributed by atoms with Gasteiger partial charge in [-0.15, -0.1) is 0 Å². The van der Waals surface area contributed by atoms with E-state index >= 15 is 0 Å². The zero-order valence-electron chi connectivity index (χ0n) is 13.7. The molecule has 1 aliphatic heterocycles. The van der Waals surface area contributed by atoms with Crippen LogP contribution in [0.15, 0.2) is 57.8 Å². The highest BCUT2D eigenvalue weighted by atomic mass is 35.5. The Morgan fingerprint density at radius 3 is 2.81 bits per heavy atom. The van der Waals surface area contributed by atoms with Gasteiger partial charge in [-0.2, -0.15) is 0 Å². The van der Waals surface area contributed by atoms with Gasteiger partial charge in [0, 0.05) is 10.6 Å². The van der Waals surface area contributed by atoms with Crippen LogP contribution in [0.3, 0.4) is 0 Å². The molecule has 0 saturated carbocycles. The molecule has 3 heterocycles. The van der Waals surface area contributed by atoms with Crippen molar-refractivity contribution in [3.8, 4) is 11.5 Å². The molecule has 3 aromatic rings. The molecule has 7 nitrogen and oxygen atoms in total. The molecule has 3 amide bonds. The second-order valence-corrected chi connectivity index (χ2v) is 6.51. The minimum absolute atomic E-state index is 0.00890. The van der Waals surface area contributed by atoms with Crippen LogP contribution in [0.2, 0.25) is 5.02 Å². The SMILES string of the molecule is C[C@]1(c2ccco2)NC(=O)N(Cc2coc(-c3cccc(Cl)c3)n2)C1=O. The third-order valence-electron chi connectivity index (χ3n) is 4.23. The number of carbonyl (C=O) groups is 2. The zero-order valence-corrected chi connectivity index (χ0v) is 14.5. The predicted octanol–water partition coefficient (Wildman–Crippen LogP) is 3.56. The maximum Gasteiger partial charge on any atom is 0.325 e. The Labute approximate surface area is 153 Å². The summed E-state index contributed by atoms with van der Waals surface area (Å²) < 4.78 is 10.8. The predicted molar refractivity (Wildman–Crippen MR) is 92.1 cm³/mol. The lowest BCUT2D eigenvalue weighted by atomic mass is 9.99. The highest BCUT2D eigenvalue weighted by Crippen LogP contribution is 2.30. The molecule has 1 fully saturated rings. The van der Waals surface area contributed by atoms with E-state index in [2.05, 4.69) is 10.3 Å². The number of aromatic nitrogens is 1. The molecule has 0 radical (unpaired) electrons. The summed E-state index contributed by atoms with van der Waals surface area (Å²) in [6.07, 6.45) is 2.87. The van der Waals surface area contributed by atoms with Crippen LogP contribution < -0.4 is 5.32 Å². The first-order valence-electron chi connectivity index (χ1n) is 7.86. The Kier molecular flexibility index (Phi) is 3.81. The maximum atomic E-state index is 12.8. The summed E-state index contributed by atoms with van der Waals surface area (Å²) in [4.78, 5) is 30.5. The van der Waals surface area contributed by atoms with E-state index in [-0.39, 0.29) is 6.54 Å². The van der Waals surface area contributed by atoms with Crippen LogP contribution in [0, 0.1) is 0 Å². The summed E-state index contributed by atoms with van der Waals surface area (Å²) >= 11 is 5.97. The minimum atomic E-state index is -1.24. The van der Waals surface area contributed by atoms with E-state index in [1.165, 1.54) is 12.5 Å². The van der Waals surface area contributed by atoms with Gasteiger partial charge in [0.2, 0.25) is 5.89 Å². The number of imide groups is 1. The van der Waals surface area contributed by atoms with Crippen molar-refractivity contribution in [3.63, 3.8) is 0 Å².